The summed E-state index contributed by atoms with van der Waals surface area (Å²) in [5, 5.41) is 11.5. The fraction of sp³-hybridized carbons (Fsp3) is 0.0714. The molecule has 0 amide bonds. The van der Waals surface area contributed by atoms with E-state index in [-0.39, 0.29) is 16.7 Å². The predicted molar refractivity (Wildman–Crippen MR) is 74.9 cm³/mol. The Bertz CT molecular complexity index is 802. The highest BCUT2D eigenvalue weighted by atomic mass is 35.5. The molecule has 22 heavy (non-hydrogen) atoms. The first-order valence-electron chi connectivity index (χ1n) is 6.17. The van der Waals surface area contributed by atoms with Gasteiger partial charge >= 0.3 is 6.55 Å². The molecule has 0 spiro atoms. The van der Waals surface area contributed by atoms with Gasteiger partial charge in [-0.15, -0.1) is 10.2 Å². The van der Waals surface area contributed by atoms with Crippen LogP contribution in [0.5, 0.6) is 0 Å². The van der Waals surface area contributed by atoms with Crippen molar-refractivity contribution in [3.8, 4) is 22.5 Å². The molecule has 4 nitrogen and oxygen atoms in total. The highest BCUT2D eigenvalue weighted by Crippen LogP contribution is 2.29. The molecule has 0 fully saturated rings. The van der Waals surface area contributed by atoms with E-state index in [1.807, 2.05) is 0 Å². The monoisotopic (exact) mass is 324 g/mol. The van der Waals surface area contributed by atoms with Crippen molar-refractivity contribution in [2.45, 2.75) is 6.55 Å². The molecule has 0 atom stereocenters. The molecule has 0 saturated heterocycles. The van der Waals surface area contributed by atoms with Crippen molar-refractivity contribution in [3.63, 3.8) is 0 Å². The number of aromatic nitrogens is 4. The summed E-state index contributed by atoms with van der Waals surface area (Å²) >= 11 is 5.96. The van der Waals surface area contributed by atoms with Gasteiger partial charge in [0.25, 0.3) is 0 Å². The quantitative estimate of drug-likeness (QED) is 0.725. The van der Waals surface area contributed by atoms with Gasteiger partial charge in [-0.25, -0.2) is 9.07 Å². The van der Waals surface area contributed by atoms with E-state index in [1.54, 1.807) is 6.07 Å². The van der Waals surface area contributed by atoms with Crippen LogP contribution in [-0.4, -0.2) is 20.0 Å². The molecule has 0 aliphatic carbocycles. The lowest BCUT2D eigenvalue weighted by atomic mass is 10.1. The molecule has 3 rings (SSSR count). The predicted octanol–water partition coefficient (Wildman–Crippen LogP) is 4.19. The maximum Gasteiger partial charge on any atom is 0.333 e. The maximum atomic E-state index is 12.9. The normalized spacial score (nSPS) is 11.1. The lowest BCUT2D eigenvalue weighted by Crippen LogP contribution is -1.99. The van der Waals surface area contributed by atoms with Crippen LogP contribution >= 0.6 is 11.6 Å². The molecule has 112 valence electrons. The number of hydrogen-bond acceptors (Lipinski definition) is 3. The van der Waals surface area contributed by atoms with Crippen LogP contribution in [0.15, 0.2) is 42.6 Å². The van der Waals surface area contributed by atoms with Gasteiger partial charge in [0.1, 0.15) is 5.82 Å². The van der Waals surface area contributed by atoms with E-state index >= 15 is 0 Å². The van der Waals surface area contributed by atoms with E-state index in [1.165, 1.54) is 30.3 Å². The Morgan fingerprint density at radius 2 is 1.73 bits per heavy atom. The van der Waals surface area contributed by atoms with Gasteiger partial charge in [0.15, 0.2) is 5.15 Å². The average molecular weight is 325 g/mol. The van der Waals surface area contributed by atoms with Gasteiger partial charge in [-0.3, -0.25) is 0 Å². The Hall–Kier alpha value is -2.41. The second-order valence-corrected chi connectivity index (χ2v) is 4.76. The standard InChI is InChI=1S/C14H8ClF3N4/c15-13-10(11-5-6-22(21-11)14(17)18)7-12(19-20-13)8-1-3-9(16)4-2-8/h1-7,14H. The summed E-state index contributed by atoms with van der Waals surface area (Å²) in [4.78, 5) is 0. The molecular weight excluding hydrogens is 317 g/mol. The Morgan fingerprint density at radius 3 is 2.36 bits per heavy atom. The van der Waals surface area contributed by atoms with Gasteiger partial charge in [0, 0.05) is 17.3 Å². The zero-order valence-electron chi connectivity index (χ0n) is 10.9. The zero-order chi connectivity index (χ0) is 15.7. The second-order valence-electron chi connectivity index (χ2n) is 4.40. The second kappa shape index (κ2) is 5.76. The van der Waals surface area contributed by atoms with Crippen molar-refractivity contribution in [3.05, 3.63) is 53.6 Å². The Balaban J connectivity index is 2.04. The van der Waals surface area contributed by atoms with E-state index in [0.717, 1.165) is 6.20 Å². The highest BCUT2D eigenvalue weighted by Gasteiger charge is 2.14. The Labute approximate surface area is 128 Å². The number of halogens is 4. The maximum absolute atomic E-state index is 12.9. The van der Waals surface area contributed by atoms with Crippen LogP contribution in [-0.2, 0) is 0 Å². The summed E-state index contributed by atoms with van der Waals surface area (Å²) < 4.78 is 38.6. The first-order valence-corrected chi connectivity index (χ1v) is 6.55. The summed E-state index contributed by atoms with van der Waals surface area (Å²) in [6.07, 6.45) is 1.15. The van der Waals surface area contributed by atoms with E-state index in [9.17, 15) is 13.2 Å². The topological polar surface area (TPSA) is 43.6 Å². The third kappa shape index (κ3) is 2.80. The van der Waals surface area contributed by atoms with Crippen molar-refractivity contribution in [1.29, 1.82) is 0 Å². The fourth-order valence-electron chi connectivity index (χ4n) is 1.91. The van der Waals surface area contributed by atoms with Crippen molar-refractivity contribution >= 4 is 11.6 Å². The number of rotatable bonds is 3. The van der Waals surface area contributed by atoms with Crippen molar-refractivity contribution < 1.29 is 13.2 Å². The summed E-state index contributed by atoms with van der Waals surface area (Å²) in [5.41, 5.74) is 1.69. The summed E-state index contributed by atoms with van der Waals surface area (Å²) in [6, 6.07) is 8.63. The third-order valence-corrected chi connectivity index (χ3v) is 3.25. The van der Waals surface area contributed by atoms with Gasteiger partial charge in [0.05, 0.1) is 11.4 Å². The number of benzene rings is 1. The molecular formula is C14H8ClF3N4. The van der Waals surface area contributed by atoms with E-state index < -0.39 is 6.55 Å². The van der Waals surface area contributed by atoms with Crippen LogP contribution < -0.4 is 0 Å². The van der Waals surface area contributed by atoms with Gasteiger partial charge in [-0.1, -0.05) is 11.6 Å². The van der Waals surface area contributed by atoms with Crippen LogP contribution in [0.25, 0.3) is 22.5 Å². The summed E-state index contributed by atoms with van der Waals surface area (Å²) in [5.74, 6) is -0.374. The van der Waals surface area contributed by atoms with E-state index in [0.29, 0.717) is 21.5 Å². The molecule has 2 heterocycles. The summed E-state index contributed by atoms with van der Waals surface area (Å²) in [7, 11) is 0. The van der Waals surface area contributed by atoms with Gasteiger partial charge in [0.2, 0.25) is 0 Å². The van der Waals surface area contributed by atoms with Gasteiger partial charge in [-0.2, -0.15) is 13.9 Å². The molecule has 0 aliphatic rings. The molecule has 3 aromatic rings. The Morgan fingerprint density at radius 1 is 1.00 bits per heavy atom. The van der Waals surface area contributed by atoms with Crippen molar-refractivity contribution in [1.82, 2.24) is 20.0 Å². The minimum Gasteiger partial charge on any atom is -0.211 e. The van der Waals surface area contributed by atoms with E-state index in [2.05, 4.69) is 15.3 Å². The first-order chi connectivity index (χ1) is 10.5. The number of hydrogen-bond donors (Lipinski definition) is 0. The fourth-order valence-corrected chi connectivity index (χ4v) is 2.10. The first kappa shape index (κ1) is 14.5. The van der Waals surface area contributed by atoms with Crippen molar-refractivity contribution in [2.24, 2.45) is 0 Å². The van der Waals surface area contributed by atoms with Crippen LogP contribution in [0.3, 0.4) is 0 Å². The van der Waals surface area contributed by atoms with Gasteiger partial charge in [-0.05, 0) is 36.4 Å². The average Bonchev–Trinajstić information content (AvgIpc) is 2.99. The molecule has 0 aliphatic heterocycles. The molecule has 0 bridgehead atoms. The largest absolute Gasteiger partial charge is 0.333 e. The molecule has 1 aromatic carbocycles. The van der Waals surface area contributed by atoms with Crippen LogP contribution in [0.1, 0.15) is 6.55 Å². The lowest BCUT2D eigenvalue weighted by Gasteiger charge is -2.04. The minimum absolute atomic E-state index is 0.0466. The minimum atomic E-state index is -2.74. The van der Waals surface area contributed by atoms with Crippen LogP contribution in [0.4, 0.5) is 13.2 Å². The molecule has 0 N–H and O–H groups in total. The molecule has 0 saturated carbocycles. The molecule has 2 aromatic heterocycles. The zero-order valence-corrected chi connectivity index (χ0v) is 11.7. The third-order valence-electron chi connectivity index (χ3n) is 2.97. The van der Waals surface area contributed by atoms with Gasteiger partial charge < -0.3 is 0 Å². The smallest absolute Gasteiger partial charge is 0.211 e. The van der Waals surface area contributed by atoms with E-state index in [4.69, 9.17) is 11.6 Å². The highest BCUT2D eigenvalue weighted by molar-refractivity contribution is 6.32. The number of alkyl halides is 2. The molecule has 0 unspecified atom stereocenters. The summed E-state index contributed by atoms with van der Waals surface area (Å²) in [6.45, 7) is -2.74. The lowest BCUT2D eigenvalue weighted by molar-refractivity contribution is 0.0568. The molecule has 8 heteroatoms. The van der Waals surface area contributed by atoms with Crippen LogP contribution in [0, 0.1) is 5.82 Å². The number of nitrogens with zero attached hydrogens (tertiary/aromatic N) is 4. The SMILES string of the molecule is Fc1ccc(-c2cc(-c3ccn(C(F)F)n3)c(Cl)nn2)cc1. The van der Waals surface area contributed by atoms with Crippen molar-refractivity contribution in [2.75, 3.05) is 0 Å². The molecule has 0 radical (unpaired) electrons. The Kier molecular flexibility index (Phi) is 3.81. The van der Waals surface area contributed by atoms with Crippen LogP contribution in [0.2, 0.25) is 5.15 Å².